The van der Waals surface area contributed by atoms with E-state index in [0.29, 0.717) is 25.1 Å². The van der Waals surface area contributed by atoms with Crippen LogP contribution < -0.4 is 5.32 Å². The predicted molar refractivity (Wildman–Crippen MR) is 56.0 cm³/mol. The van der Waals surface area contributed by atoms with E-state index < -0.39 is 9.84 Å². The van der Waals surface area contributed by atoms with Crippen molar-refractivity contribution in [2.45, 2.75) is 38.3 Å². The molecule has 0 amide bonds. The van der Waals surface area contributed by atoms with Crippen LogP contribution in [0.4, 0.5) is 0 Å². The van der Waals surface area contributed by atoms with Crippen molar-refractivity contribution in [3.8, 4) is 0 Å². The second-order valence-electron chi connectivity index (χ2n) is 3.90. The summed E-state index contributed by atoms with van der Waals surface area (Å²) < 4.78 is 22.2. The molecule has 4 nitrogen and oxygen atoms in total. The Hall–Kier alpha value is -0.130. The summed E-state index contributed by atoms with van der Waals surface area (Å²) in [6, 6.07) is 0.101. The molecule has 0 radical (unpaired) electrons. The van der Waals surface area contributed by atoms with Gasteiger partial charge in [0.25, 0.3) is 0 Å². The first kappa shape index (κ1) is 11.9. The van der Waals surface area contributed by atoms with Gasteiger partial charge in [-0.2, -0.15) is 0 Å². The van der Waals surface area contributed by atoms with E-state index in [9.17, 15) is 13.5 Å². The fourth-order valence-corrected chi connectivity index (χ4v) is 3.32. The third kappa shape index (κ3) is 3.94. The molecule has 1 fully saturated rings. The summed E-state index contributed by atoms with van der Waals surface area (Å²) in [7, 11) is -2.78. The van der Waals surface area contributed by atoms with E-state index in [2.05, 4.69) is 5.32 Å². The maximum atomic E-state index is 11.1. The maximum Gasteiger partial charge on any atom is 0.151 e. The molecule has 2 N–H and O–H groups in total. The summed E-state index contributed by atoms with van der Waals surface area (Å²) in [4.78, 5) is 0. The van der Waals surface area contributed by atoms with Crippen LogP contribution in [0.15, 0.2) is 0 Å². The van der Waals surface area contributed by atoms with Crippen molar-refractivity contribution < 1.29 is 13.5 Å². The molecule has 2 atom stereocenters. The zero-order valence-corrected chi connectivity index (χ0v) is 9.39. The van der Waals surface area contributed by atoms with Crippen molar-refractivity contribution in [2.24, 2.45) is 0 Å². The van der Waals surface area contributed by atoms with E-state index in [1.165, 1.54) is 0 Å². The molecule has 0 bridgehead atoms. The quantitative estimate of drug-likeness (QED) is 0.681. The Kier molecular flexibility index (Phi) is 4.34. The SMILES string of the molecule is CCC(O)CCNC1CCS(=O)(=O)C1. The standard InChI is InChI=1S/C9H19NO3S/c1-2-9(11)3-5-10-8-4-6-14(12,13)7-8/h8-11H,2-7H2,1H3. The molecule has 1 aliphatic rings. The monoisotopic (exact) mass is 221 g/mol. The van der Waals surface area contributed by atoms with Crippen LogP contribution in [0.25, 0.3) is 0 Å². The Morgan fingerprint density at radius 1 is 1.57 bits per heavy atom. The van der Waals surface area contributed by atoms with Gasteiger partial charge in [-0.15, -0.1) is 0 Å². The second kappa shape index (κ2) is 5.09. The third-order valence-corrected chi connectivity index (χ3v) is 4.38. The van der Waals surface area contributed by atoms with E-state index in [0.717, 1.165) is 6.42 Å². The lowest BCUT2D eigenvalue weighted by Crippen LogP contribution is -2.32. The lowest BCUT2D eigenvalue weighted by molar-refractivity contribution is 0.159. The zero-order valence-electron chi connectivity index (χ0n) is 8.57. The first-order valence-corrected chi connectivity index (χ1v) is 6.97. The highest BCUT2D eigenvalue weighted by Crippen LogP contribution is 2.11. The highest BCUT2D eigenvalue weighted by Gasteiger charge is 2.27. The van der Waals surface area contributed by atoms with Crippen molar-refractivity contribution in [2.75, 3.05) is 18.1 Å². The molecule has 2 unspecified atom stereocenters. The largest absolute Gasteiger partial charge is 0.393 e. The molecule has 0 spiro atoms. The summed E-state index contributed by atoms with van der Waals surface area (Å²) in [5.74, 6) is 0.566. The second-order valence-corrected chi connectivity index (χ2v) is 6.13. The molecule has 0 saturated carbocycles. The van der Waals surface area contributed by atoms with Gasteiger partial charge in [-0.25, -0.2) is 8.42 Å². The van der Waals surface area contributed by atoms with Crippen molar-refractivity contribution in [1.82, 2.24) is 5.32 Å². The fourth-order valence-electron chi connectivity index (χ4n) is 1.61. The van der Waals surface area contributed by atoms with Crippen molar-refractivity contribution in [3.63, 3.8) is 0 Å². The fraction of sp³-hybridized carbons (Fsp3) is 1.00. The van der Waals surface area contributed by atoms with Crippen LogP contribution >= 0.6 is 0 Å². The lowest BCUT2D eigenvalue weighted by Gasteiger charge is -2.12. The molecule has 0 aromatic rings. The van der Waals surface area contributed by atoms with Gasteiger partial charge in [0.15, 0.2) is 9.84 Å². The predicted octanol–water partition coefficient (Wildman–Crippen LogP) is -0.0759. The minimum absolute atomic E-state index is 0.101. The van der Waals surface area contributed by atoms with Gasteiger partial charge < -0.3 is 10.4 Å². The van der Waals surface area contributed by atoms with Crippen LogP contribution in [0.5, 0.6) is 0 Å². The van der Waals surface area contributed by atoms with Crippen molar-refractivity contribution in [3.05, 3.63) is 0 Å². The summed E-state index contributed by atoms with van der Waals surface area (Å²) in [6.07, 6.45) is 1.91. The van der Waals surface area contributed by atoms with E-state index in [4.69, 9.17) is 0 Å². The van der Waals surface area contributed by atoms with Gasteiger partial charge in [-0.3, -0.25) is 0 Å². The Morgan fingerprint density at radius 3 is 2.79 bits per heavy atom. The minimum atomic E-state index is -2.78. The van der Waals surface area contributed by atoms with E-state index in [1.807, 2.05) is 6.92 Å². The van der Waals surface area contributed by atoms with Crippen LogP contribution in [0.2, 0.25) is 0 Å². The molecule has 1 rings (SSSR count). The number of rotatable bonds is 5. The number of nitrogens with one attached hydrogen (secondary N) is 1. The summed E-state index contributed by atoms with van der Waals surface area (Å²) in [5.41, 5.74) is 0. The molecule has 1 aliphatic heterocycles. The molecule has 5 heteroatoms. The smallest absolute Gasteiger partial charge is 0.151 e. The van der Waals surface area contributed by atoms with Crippen LogP contribution in [0.1, 0.15) is 26.2 Å². The van der Waals surface area contributed by atoms with Gasteiger partial charge in [0.2, 0.25) is 0 Å². The molecule has 14 heavy (non-hydrogen) atoms. The maximum absolute atomic E-state index is 11.1. The molecule has 1 saturated heterocycles. The molecule has 0 aromatic carbocycles. The molecule has 0 aliphatic carbocycles. The molecular weight excluding hydrogens is 202 g/mol. The van der Waals surface area contributed by atoms with Gasteiger partial charge in [0.1, 0.15) is 0 Å². The minimum Gasteiger partial charge on any atom is -0.393 e. The Labute approximate surface area is 85.6 Å². The summed E-state index contributed by atoms with van der Waals surface area (Å²) in [5, 5.41) is 12.4. The third-order valence-electron chi connectivity index (χ3n) is 2.61. The zero-order chi connectivity index (χ0) is 10.6. The molecule has 1 heterocycles. The average Bonchev–Trinajstić information content (AvgIpc) is 2.45. The average molecular weight is 221 g/mol. The lowest BCUT2D eigenvalue weighted by atomic mass is 10.2. The number of hydrogen-bond donors (Lipinski definition) is 2. The number of aliphatic hydroxyl groups excluding tert-OH is 1. The Bertz CT molecular complexity index is 263. The Balaban J connectivity index is 2.15. The molecular formula is C9H19NO3S. The van der Waals surface area contributed by atoms with Crippen LogP contribution in [0.3, 0.4) is 0 Å². The van der Waals surface area contributed by atoms with Gasteiger partial charge in [-0.05, 0) is 25.8 Å². The van der Waals surface area contributed by atoms with Crippen molar-refractivity contribution in [1.29, 1.82) is 0 Å². The van der Waals surface area contributed by atoms with Crippen LogP contribution in [0, 0.1) is 0 Å². The summed E-state index contributed by atoms with van der Waals surface area (Å²) in [6.45, 7) is 2.64. The number of hydrogen-bond acceptors (Lipinski definition) is 4. The van der Waals surface area contributed by atoms with Gasteiger partial charge in [0, 0.05) is 6.04 Å². The normalized spacial score (nSPS) is 27.7. The van der Waals surface area contributed by atoms with E-state index >= 15 is 0 Å². The first-order valence-electron chi connectivity index (χ1n) is 5.15. The number of aliphatic hydroxyl groups is 1. The highest BCUT2D eigenvalue weighted by molar-refractivity contribution is 7.91. The van der Waals surface area contributed by atoms with Gasteiger partial charge in [-0.1, -0.05) is 6.92 Å². The summed E-state index contributed by atoms with van der Waals surface area (Å²) >= 11 is 0. The van der Waals surface area contributed by atoms with Gasteiger partial charge >= 0.3 is 0 Å². The Morgan fingerprint density at radius 2 is 2.29 bits per heavy atom. The van der Waals surface area contributed by atoms with E-state index in [1.54, 1.807) is 0 Å². The molecule has 84 valence electrons. The highest BCUT2D eigenvalue weighted by atomic mass is 32.2. The van der Waals surface area contributed by atoms with Crippen LogP contribution in [-0.2, 0) is 9.84 Å². The number of sulfone groups is 1. The van der Waals surface area contributed by atoms with E-state index in [-0.39, 0.29) is 17.9 Å². The van der Waals surface area contributed by atoms with Crippen molar-refractivity contribution >= 4 is 9.84 Å². The topological polar surface area (TPSA) is 66.4 Å². The van der Waals surface area contributed by atoms with Crippen LogP contribution in [-0.4, -0.2) is 43.7 Å². The first-order chi connectivity index (χ1) is 6.53. The molecule has 0 aromatic heterocycles. The van der Waals surface area contributed by atoms with Gasteiger partial charge in [0.05, 0.1) is 17.6 Å².